The normalized spacial score (nSPS) is 13.4. The van der Waals surface area contributed by atoms with Crippen LogP contribution in [0.5, 0.6) is 0 Å². The molecule has 0 saturated carbocycles. The molecule has 324 valence electrons. The Hall–Kier alpha value is -8.78. The zero-order valence-electron chi connectivity index (χ0n) is 38.1. The topological polar surface area (TPSA) is 3.24 Å². The summed E-state index contributed by atoms with van der Waals surface area (Å²) in [4.78, 5) is 2.48. The lowest BCUT2D eigenvalue weighted by molar-refractivity contribution is 0.767. The van der Waals surface area contributed by atoms with Gasteiger partial charge in [-0.15, -0.1) is 0 Å². The largest absolute Gasteiger partial charge is 0.310 e. The predicted octanol–water partition coefficient (Wildman–Crippen LogP) is 17.2. The highest BCUT2D eigenvalue weighted by molar-refractivity contribution is 5.92. The van der Waals surface area contributed by atoms with E-state index in [1.165, 1.54) is 89.0 Å². The van der Waals surface area contributed by atoms with Gasteiger partial charge in [0.25, 0.3) is 0 Å². The van der Waals surface area contributed by atoms with Crippen molar-refractivity contribution in [1.82, 2.24) is 0 Å². The average Bonchev–Trinajstić information content (AvgIpc) is 3.90. The fourth-order valence-corrected chi connectivity index (χ4v) is 11.9. The maximum Gasteiger partial charge on any atom is 0.0714 e. The van der Waals surface area contributed by atoms with Gasteiger partial charge < -0.3 is 4.90 Å². The number of anilines is 3. The van der Waals surface area contributed by atoms with Crippen LogP contribution < -0.4 is 4.90 Å². The lowest BCUT2D eigenvalue weighted by atomic mass is 9.67. The molecule has 0 bridgehead atoms. The average molecular weight is 878 g/mol. The van der Waals surface area contributed by atoms with E-state index in [0.717, 1.165) is 17.1 Å². The standard InChI is InChI=1S/C68H47N/c1-6-21-48(22-7-1)50-23-20-24-51(45-50)49-37-39-56(40-38-49)69(57-41-43-61-59-33-16-18-35-63(59)67(65(61)46-57,52-25-8-2-9-26-52)53-27-10-3-11-28-53)58-42-44-62-60-34-17-19-36-64(60)68(66(62)47-58,54-29-12-4-13-30-54)55-31-14-5-15-32-55/h1-47H. The number of benzene rings is 11. The minimum Gasteiger partial charge on any atom is -0.310 e. The molecule has 11 aromatic carbocycles. The van der Waals surface area contributed by atoms with Crippen LogP contribution in [0.2, 0.25) is 0 Å². The van der Waals surface area contributed by atoms with Crippen LogP contribution in [-0.4, -0.2) is 0 Å². The molecule has 0 unspecified atom stereocenters. The summed E-state index contributed by atoms with van der Waals surface area (Å²) in [6.07, 6.45) is 0. The van der Waals surface area contributed by atoms with E-state index in [9.17, 15) is 0 Å². The summed E-state index contributed by atoms with van der Waals surface area (Å²) in [6, 6.07) is 106. The molecule has 0 radical (unpaired) electrons. The zero-order chi connectivity index (χ0) is 45.8. The number of nitrogens with zero attached hydrogens (tertiary/aromatic N) is 1. The second-order valence-corrected chi connectivity index (χ2v) is 18.3. The third-order valence-corrected chi connectivity index (χ3v) is 14.8. The Kier molecular flexibility index (Phi) is 9.70. The highest BCUT2D eigenvalue weighted by Gasteiger charge is 2.48. The quantitative estimate of drug-likeness (QED) is 0.140. The van der Waals surface area contributed by atoms with Gasteiger partial charge in [0.05, 0.1) is 10.8 Å². The summed E-state index contributed by atoms with van der Waals surface area (Å²) in [5.74, 6) is 0. The van der Waals surface area contributed by atoms with Crippen molar-refractivity contribution in [3.05, 3.63) is 330 Å². The molecule has 2 aliphatic rings. The van der Waals surface area contributed by atoms with Crippen molar-refractivity contribution in [2.75, 3.05) is 4.90 Å². The third kappa shape index (κ3) is 6.32. The Morgan fingerprint density at radius 3 is 0.942 bits per heavy atom. The van der Waals surface area contributed by atoms with Gasteiger partial charge >= 0.3 is 0 Å². The molecule has 0 N–H and O–H groups in total. The molecule has 0 saturated heterocycles. The van der Waals surface area contributed by atoms with E-state index in [-0.39, 0.29) is 0 Å². The molecule has 0 amide bonds. The van der Waals surface area contributed by atoms with E-state index in [4.69, 9.17) is 0 Å². The first-order valence-corrected chi connectivity index (χ1v) is 24.0. The molecule has 11 aromatic rings. The summed E-state index contributed by atoms with van der Waals surface area (Å²) in [5, 5.41) is 0. The van der Waals surface area contributed by atoms with E-state index >= 15 is 0 Å². The van der Waals surface area contributed by atoms with E-state index in [1.807, 2.05) is 0 Å². The zero-order valence-corrected chi connectivity index (χ0v) is 38.1. The van der Waals surface area contributed by atoms with Crippen LogP contribution in [0.15, 0.2) is 285 Å². The van der Waals surface area contributed by atoms with Crippen molar-refractivity contribution in [2.24, 2.45) is 0 Å². The second-order valence-electron chi connectivity index (χ2n) is 18.3. The molecule has 0 heterocycles. The molecule has 0 aromatic heterocycles. The van der Waals surface area contributed by atoms with Gasteiger partial charge in [-0.1, -0.05) is 243 Å². The van der Waals surface area contributed by atoms with E-state index < -0.39 is 10.8 Å². The van der Waals surface area contributed by atoms with Gasteiger partial charge in [-0.3, -0.25) is 0 Å². The molecule has 0 spiro atoms. The fraction of sp³-hybridized carbons (Fsp3) is 0.0294. The summed E-state index contributed by atoms with van der Waals surface area (Å²) < 4.78 is 0. The summed E-state index contributed by atoms with van der Waals surface area (Å²) in [5.41, 5.74) is 22.2. The van der Waals surface area contributed by atoms with Gasteiger partial charge in [0.1, 0.15) is 0 Å². The Balaban J connectivity index is 1.05. The maximum atomic E-state index is 2.48. The van der Waals surface area contributed by atoms with Crippen LogP contribution in [0, 0.1) is 0 Å². The lowest BCUT2D eigenvalue weighted by Gasteiger charge is -2.36. The summed E-state index contributed by atoms with van der Waals surface area (Å²) in [6.45, 7) is 0. The van der Waals surface area contributed by atoms with Crippen LogP contribution in [-0.2, 0) is 10.8 Å². The molecule has 69 heavy (non-hydrogen) atoms. The van der Waals surface area contributed by atoms with Crippen molar-refractivity contribution in [2.45, 2.75) is 10.8 Å². The molecule has 2 aliphatic carbocycles. The maximum absolute atomic E-state index is 2.48. The first-order chi connectivity index (χ1) is 34.2. The van der Waals surface area contributed by atoms with Gasteiger partial charge in [-0.2, -0.15) is 0 Å². The van der Waals surface area contributed by atoms with Gasteiger partial charge in [0, 0.05) is 17.1 Å². The summed E-state index contributed by atoms with van der Waals surface area (Å²) in [7, 11) is 0. The van der Waals surface area contributed by atoms with Crippen LogP contribution in [0.4, 0.5) is 17.1 Å². The highest BCUT2D eigenvalue weighted by Crippen LogP contribution is 2.59. The van der Waals surface area contributed by atoms with E-state index in [2.05, 4.69) is 290 Å². The smallest absolute Gasteiger partial charge is 0.0714 e. The number of fused-ring (bicyclic) bond motifs is 6. The summed E-state index contributed by atoms with van der Waals surface area (Å²) >= 11 is 0. The Morgan fingerprint density at radius 1 is 0.203 bits per heavy atom. The fourth-order valence-electron chi connectivity index (χ4n) is 11.9. The van der Waals surface area contributed by atoms with Gasteiger partial charge in [0.15, 0.2) is 0 Å². The predicted molar refractivity (Wildman–Crippen MR) is 287 cm³/mol. The molecule has 0 fully saturated rings. The number of rotatable bonds is 9. The first kappa shape index (κ1) is 40.5. The lowest BCUT2D eigenvalue weighted by Crippen LogP contribution is -2.29. The van der Waals surface area contributed by atoms with Gasteiger partial charge in [0.2, 0.25) is 0 Å². The van der Waals surface area contributed by atoms with Crippen LogP contribution >= 0.6 is 0 Å². The van der Waals surface area contributed by atoms with Crippen LogP contribution in [0.1, 0.15) is 44.5 Å². The van der Waals surface area contributed by atoms with E-state index in [0.29, 0.717) is 0 Å². The Labute approximate surface area is 404 Å². The van der Waals surface area contributed by atoms with Gasteiger partial charge in [-0.05, 0) is 131 Å². The van der Waals surface area contributed by atoms with E-state index in [1.54, 1.807) is 0 Å². The van der Waals surface area contributed by atoms with Crippen molar-refractivity contribution in [3.63, 3.8) is 0 Å². The minimum atomic E-state index is -0.543. The number of hydrogen-bond donors (Lipinski definition) is 0. The van der Waals surface area contributed by atoms with Crippen molar-refractivity contribution in [1.29, 1.82) is 0 Å². The second kappa shape index (κ2) is 16.5. The highest BCUT2D eigenvalue weighted by atomic mass is 15.1. The molecular weight excluding hydrogens is 831 g/mol. The minimum absolute atomic E-state index is 0.543. The molecule has 0 atom stereocenters. The Morgan fingerprint density at radius 2 is 0.522 bits per heavy atom. The van der Waals surface area contributed by atoms with Gasteiger partial charge in [-0.25, -0.2) is 0 Å². The van der Waals surface area contributed by atoms with Crippen LogP contribution in [0.25, 0.3) is 44.5 Å². The monoisotopic (exact) mass is 877 g/mol. The number of hydrogen-bond acceptors (Lipinski definition) is 1. The van der Waals surface area contributed by atoms with Crippen LogP contribution in [0.3, 0.4) is 0 Å². The molecular formula is C68H47N. The first-order valence-electron chi connectivity index (χ1n) is 24.0. The van der Waals surface area contributed by atoms with Crippen molar-refractivity contribution >= 4 is 17.1 Å². The van der Waals surface area contributed by atoms with Crippen molar-refractivity contribution in [3.8, 4) is 44.5 Å². The Bertz CT molecular complexity index is 3380. The molecule has 13 rings (SSSR count). The molecule has 0 aliphatic heterocycles. The molecule has 1 nitrogen and oxygen atoms in total. The SMILES string of the molecule is c1ccc(-c2cccc(-c3ccc(N(c4ccc5c(c4)C(c4ccccc4)(c4ccccc4)c4ccccc4-5)c4ccc5c(c4)C(c4ccccc4)(c4ccccc4)c4ccccc4-5)cc3)c2)cc1. The van der Waals surface area contributed by atoms with Crippen molar-refractivity contribution < 1.29 is 0 Å². The third-order valence-electron chi connectivity index (χ3n) is 14.8. The molecule has 1 heteroatoms.